The lowest BCUT2D eigenvalue weighted by Crippen LogP contribution is -2.40. The van der Waals surface area contributed by atoms with Crippen LogP contribution in [0.15, 0.2) is 47.4 Å². The molecule has 0 heterocycles. The van der Waals surface area contributed by atoms with Crippen molar-refractivity contribution in [1.82, 2.24) is 9.62 Å². The molecule has 1 atom stereocenters. The fraction of sp³-hybridized carbons (Fsp3) is 0.368. The van der Waals surface area contributed by atoms with Gasteiger partial charge >= 0.3 is 5.97 Å². The number of methoxy groups -OCH3 is 1. The van der Waals surface area contributed by atoms with Crippen LogP contribution >= 0.6 is 0 Å². The van der Waals surface area contributed by atoms with Crippen molar-refractivity contribution in [1.29, 1.82) is 0 Å². The quantitative estimate of drug-likeness (QED) is 0.493. The maximum absolute atomic E-state index is 12.7. The molecule has 152 valence electrons. The third kappa shape index (κ3) is 5.51. The van der Waals surface area contributed by atoms with Crippen LogP contribution in [0.2, 0.25) is 0 Å². The second-order valence-electron chi connectivity index (χ2n) is 6.19. The van der Waals surface area contributed by atoms with E-state index in [-0.39, 0.29) is 11.4 Å². The van der Waals surface area contributed by atoms with Gasteiger partial charge in [-0.25, -0.2) is 8.42 Å². The SMILES string of the molecule is COCCNC(=O)[C@@H](C)OC(=O)CN(C)S(=O)(=O)c1ccc2ccccc2c1. The number of sulfonamides is 1. The molecular weight excluding hydrogens is 384 g/mol. The average Bonchev–Trinajstić information content (AvgIpc) is 2.67. The lowest BCUT2D eigenvalue weighted by Gasteiger charge is -2.18. The highest BCUT2D eigenvalue weighted by molar-refractivity contribution is 7.89. The van der Waals surface area contributed by atoms with Gasteiger partial charge in [0.25, 0.3) is 5.91 Å². The highest BCUT2D eigenvalue weighted by Crippen LogP contribution is 2.21. The zero-order valence-corrected chi connectivity index (χ0v) is 16.9. The lowest BCUT2D eigenvalue weighted by molar-refractivity contribution is -0.154. The standard InChI is InChI=1S/C19H24N2O6S/c1-14(19(23)20-10-11-26-3)27-18(22)13-21(2)28(24,25)17-9-8-15-6-4-5-7-16(15)12-17/h4-9,12,14H,10-11,13H2,1-3H3,(H,20,23)/t14-/m1/s1. The number of carbonyl (C=O) groups is 2. The summed E-state index contributed by atoms with van der Waals surface area (Å²) in [5, 5.41) is 4.23. The molecule has 0 fully saturated rings. The summed E-state index contributed by atoms with van der Waals surface area (Å²) in [6.45, 7) is 1.52. The number of benzene rings is 2. The fourth-order valence-corrected chi connectivity index (χ4v) is 3.63. The summed E-state index contributed by atoms with van der Waals surface area (Å²) < 4.78 is 36.2. The highest BCUT2D eigenvalue weighted by atomic mass is 32.2. The summed E-state index contributed by atoms with van der Waals surface area (Å²) in [4.78, 5) is 23.9. The minimum atomic E-state index is -3.88. The smallest absolute Gasteiger partial charge is 0.322 e. The van der Waals surface area contributed by atoms with Crippen LogP contribution in [0.4, 0.5) is 0 Å². The van der Waals surface area contributed by atoms with Crippen LogP contribution in [-0.2, 0) is 29.1 Å². The number of fused-ring (bicyclic) bond motifs is 1. The topological polar surface area (TPSA) is 102 Å². The largest absolute Gasteiger partial charge is 0.452 e. The number of ether oxygens (including phenoxy) is 2. The Morgan fingerprint density at radius 3 is 2.50 bits per heavy atom. The Bertz CT molecular complexity index is 944. The van der Waals surface area contributed by atoms with Crippen LogP contribution in [0.1, 0.15) is 6.92 Å². The van der Waals surface area contributed by atoms with Gasteiger partial charge in [0, 0.05) is 20.7 Å². The molecule has 0 aliphatic rings. The Labute approximate surface area is 164 Å². The second-order valence-corrected chi connectivity index (χ2v) is 8.23. The van der Waals surface area contributed by atoms with Crippen LogP contribution in [0.5, 0.6) is 0 Å². The van der Waals surface area contributed by atoms with Gasteiger partial charge < -0.3 is 14.8 Å². The van der Waals surface area contributed by atoms with E-state index in [4.69, 9.17) is 9.47 Å². The maximum Gasteiger partial charge on any atom is 0.322 e. The average molecular weight is 408 g/mol. The van der Waals surface area contributed by atoms with Gasteiger partial charge in [-0.3, -0.25) is 9.59 Å². The Morgan fingerprint density at radius 2 is 1.82 bits per heavy atom. The molecular formula is C19H24N2O6S. The van der Waals surface area contributed by atoms with Crippen molar-refractivity contribution in [3.63, 3.8) is 0 Å². The van der Waals surface area contributed by atoms with Crippen molar-refractivity contribution in [3.8, 4) is 0 Å². The number of nitrogens with zero attached hydrogens (tertiary/aromatic N) is 1. The first-order chi connectivity index (χ1) is 13.3. The summed E-state index contributed by atoms with van der Waals surface area (Å²) in [6, 6.07) is 12.1. The number of likely N-dealkylation sites (N-methyl/N-ethyl adjacent to an activating group) is 1. The van der Waals surface area contributed by atoms with Gasteiger partial charge in [-0.2, -0.15) is 4.31 Å². The van der Waals surface area contributed by atoms with Crippen molar-refractivity contribution in [2.75, 3.05) is 33.9 Å². The Morgan fingerprint density at radius 1 is 1.14 bits per heavy atom. The number of hydrogen-bond donors (Lipinski definition) is 1. The molecule has 0 aliphatic carbocycles. The van der Waals surface area contributed by atoms with E-state index in [1.807, 2.05) is 24.3 Å². The van der Waals surface area contributed by atoms with Crippen molar-refractivity contribution in [2.24, 2.45) is 0 Å². The number of rotatable bonds is 9. The molecule has 0 unspecified atom stereocenters. The van der Waals surface area contributed by atoms with Crippen LogP contribution in [0.3, 0.4) is 0 Å². The van der Waals surface area contributed by atoms with E-state index in [1.54, 1.807) is 12.1 Å². The first-order valence-electron chi connectivity index (χ1n) is 8.67. The van der Waals surface area contributed by atoms with Crippen molar-refractivity contribution >= 4 is 32.7 Å². The van der Waals surface area contributed by atoms with Crippen LogP contribution < -0.4 is 5.32 Å². The second kappa shape index (κ2) is 9.63. The molecule has 8 nitrogen and oxygen atoms in total. The zero-order valence-electron chi connectivity index (χ0n) is 16.0. The first-order valence-corrected chi connectivity index (χ1v) is 10.1. The molecule has 2 aromatic rings. The molecule has 1 N–H and O–H groups in total. The Kier molecular flexibility index (Phi) is 7.50. The number of esters is 1. The minimum Gasteiger partial charge on any atom is -0.452 e. The molecule has 0 aromatic heterocycles. The molecule has 0 spiro atoms. The molecule has 2 aromatic carbocycles. The summed E-state index contributed by atoms with van der Waals surface area (Å²) in [5.41, 5.74) is 0. The monoisotopic (exact) mass is 408 g/mol. The predicted molar refractivity (Wildman–Crippen MR) is 104 cm³/mol. The highest BCUT2D eigenvalue weighted by Gasteiger charge is 2.25. The molecule has 0 radical (unpaired) electrons. The molecule has 1 amide bonds. The van der Waals surface area contributed by atoms with E-state index in [0.29, 0.717) is 6.61 Å². The summed E-state index contributed by atoms with van der Waals surface area (Å²) >= 11 is 0. The van der Waals surface area contributed by atoms with Gasteiger partial charge in [0.05, 0.1) is 11.5 Å². The van der Waals surface area contributed by atoms with E-state index in [1.165, 1.54) is 27.1 Å². The van der Waals surface area contributed by atoms with Gasteiger partial charge in [0.2, 0.25) is 10.0 Å². The summed E-state index contributed by atoms with van der Waals surface area (Å²) in [6.07, 6.45) is -1.04. The van der Waals surface area contributed by atoms with Gasteiger partial charge in [0.15, 0.2) is 6.10 Å². The Balaban J connectivity index is 2.00. The molecule has 9 heteroatoms. The molecule has 0 saturated heterocycles. The molecule has 0 bridgehead atoms. The fourth-order valence-electron chi connectivity index (χ4n) is 2.48. The van der Waals surface area contributed by atoms with E-state index in [0.717, 1.165) is 15.1 Å². The number of hydrogen-bond acceptors (Lipinski definition) is 6. The number of carbonyl (C=O) groups excluding carboxylic acids is 2. The van der Waals surface area contributed by atoms with Crippen LogP contribution in [0, 0.1) is 0 Å². The third-order valence-corrected chi connectivity index (χ3v) is 5.86. The maximum atomic E-state index is 12.7. The zero-order chi connectivity index (χ0) is 20.7. The normalized spacial score (nSPS) is 12.7. The Hall–Kier alpha value is -2.49. The van der Waals surface area contributed by atoms with Crippen molar-refractivity contribution < 1.29 is 27.5 Å². The van der Waals surface area contributed by atoms with E-state index in [2.05, 4.69) is 5.32 Å². The predicted octanol–water partition coefficient (Wildman–Crippen LogP) is 1.15. The minimum absolute atomic E-state index is 0.0758. The summed E-state index contributed by atoms with van der Waals surface area (Å²) in [5.74, 6) is -1.30. The van der Waals surface area contributed by atoms with Gasteiger partial charge in [-0.15, -0.1) is 0 Å². The van der Waals surface area contributed by atoms with E-state index >= 15 is 0 Å². The number of amides is 1. The number of nitrogens with one attached hydrogen (secondary N) is 1. The van der Waals surface area contributed by atoms with Crippen LogP contribution in [0.25, 0.3) is 10.8 Å². The first kappa shape index (κ1) is 21.8. The third-order valence-electron chi connectivity index (χ3n) is 4.06. The van der Waals surface area contributed by atoms with E-state index < -0.39 is 34.5 Å². The molecule has 0 saturated carbocycles. The van der Waals surface area contributed by atoms with Gasteiger partial charge in [-0.05, 0) is 29.8 Å². The summed E-state index contributed by atoms with van der Waals surface area (Å²) in [7, 11) is -1.10. The van der Waals surface area contributed by atoms with E-state index in [9.17, 15) is 18.0 Å². The lowest BCUT2D eigenvalue weighted by atomic mass is 10.1. The molecule has 28 heavy (non-hydrogen) atoms. The van der Waals surface area contributed by atoms with Gasteiger partial charge in [-0.1, -0.05) is 30.3 Å². The van der Waals surface area contributed by atoms with Crippen LogP contribution in [-0.4, -0.2) is 64.6 Å². The molecule has 0 aliphatic heterocycles. The van der Waals surface area contributed by atoms with Crippen molar-refractivity contribution in [2.45, 2.75) is 17.9 Å². The molecule has 2 rings (SSSR count). The van der Waals surface area contributed by atoms with Gasteiger partial charge in [0.1, 0.15) is 6.54 Å². The van der Waals surface area contributed by atoms with Crippen molar-refractivity contribution in [3.05, 3.63) is 42.5 Å².